The molecule has 12 heavy (non-hydrogen) atoms. The lowest BCUT2D eigenvalue weighted by atomic mass is 10.3. The van der Waals surface area contributed by atoms with Gasteiger partial charge in [0.1, 0.15) is 6.23 Å². The number of likely N-dealkylation sites (N-methyl/N-ethyl adjacent to an activating group) is 1. The van der Waals surface area contributed by atoms with Gasteiger partial charge in [-0.25, -0.2) is 0 Å². The minimum atomic E-state index is -0.452. The van der Waals surface area contributed by atoms with E-state index >= 15 is 0 Å². The fourth-order valence-electron chi connectivity index (χ4n) is 0.762. The van der Waals surface area contributed by atoms with Crippen molar-refractivity contribution < 1.29 is 5.11 Å². The highest BCUT2D eigenvalue weighted by molar-refractivity contribution is 5.16. The Bertz CT molecular complexity index is 184. The van der Waals surface area contributed by atoms with E-state index in [1.165, 1.54) is 0 Å². The molecule has 1 unspecified atom stereocenters. The molecular formula is C10H17NO. The fourth-order valence-corrected chi connectivity index (χ4v) is 0.762. The van der Waals surface area contributed by atoms with Crippen LogP contribution in [-0.2, 0) is 0 Å². The molecule has 0 aromatic carbocycles. The quantitative estimate of drug-likeness (QED) is 0.499. The maximum absolute atomic E-state index is 9.40. The molecule has 0 aromatic heterocycles. The van der Waals surface area contributed by atoms with Gasteiger partial charge < -0.3 is 10.0 Å². The number of rotatable bonds is 5. The van der Waals surface area contributed by atoms with Crippen molar-refractivity contribution in [3.63, 3.8) is 0 Å². The molecule has 1 atom stereocenters. The largest absolute Gasteiger partial charge is 0.374 e. The second kappa shape index (κ2) is 5.61. The molecule has 2 heteroatoms. The number of hydrogen-bond acceptors (Lipinski definition) is 2. The summed E-state index contributed by atoms with van der Waals surface area (Å²) in [5.74, 6) is 0. The first kappa shape index (κ1) is 11.0. The van der Waals surface area contributed by atoms with Gasteiger partial charge in [-0.1, -0.05) is 32.2 Å². The highest BCUT2D eigenvalue weighted by Gasteiger charge is 2.07. The van der Waals surface area contributed by atoms with E-state index in [0.717, 1.165) is 5.70 Å². The van der Waals surface area contributed by atoms with E-state index in [-0.39, 0.29) is 0 Å². The van der Waals surface area contributed by atoms with Gasteiger partial charge in [0.25, 0.3) is 0 Å². The number of allylic oxidation sites excluding steroid dienone is 3. The van der Waals surface area contributed by atoms with Crippen LogP contribution in [-0.4, -0.2) is 23.3 Å². The third-order valence-corrected chi connectivity index (χ3v) is 1.69. The molecule has 0 aromatic rings. The Morgan fingerprint density at radius 3 is 2.67 bits per heavy atom. The van der Waals surface area contributed by atoms with Crippen molar-refractivity contribution in [1.29, 1.82) is 0 Å². The minimum absolute atomic E-state index is 0.452. The third kappa shape index (κ3) is 3.39. The van der Waals surface area contributed by atoms with Crippen LogP contribution in [0.3, 0.4) is 0 Å². The van der Waals surface area contributed by atoms with E-state index in [1.807, 2.05) is 20.0 Å². The zero-order valence-electron chi connectivity index (χ0n) is 7.83. The van der Waals surface area contributed by atoms with Gasteiger partial charge in [0.15, 0.2) is 0 Å². The normalized spacial score (nSPS) is 12.9. The van der Waals surface area contributed by atoms with Crippen LogP contribution in [0.4, 0.5) is 0 Å². The number of aliphatic hydroxyl groups excluding tert-OH is 1. The van der Waals surface area contributed by atoms with Crippen LogP contribution in [0.2, 0.25) is 0 Å². The Morgan fingerprint density at radius 2 is 2.25 bits per heavy atom. The number of aliphatic hydroxyl groups is 1. The van der Waals surface area contributed by atoms with Gasteiger partial charge in [-0.15, -0.1) is 0 Å². The maximum Gasteiger partial charge on any atom is 0.126 e. The van der Waals surface area contributed by atoms with Gasteiger partial charge in [-0.05, 0) is 12.5 Å². The summed E-state index contributed by atoms with van der Waals surface area (Å²) in [5, 5.41) is 9.40. The molecule has 0 fully saturated rings. The molecule has 0 radical (unpaired) electrons. The van der Waals surface area contributed by atoms with Crippen molar-refractivity contribution in [1.82, 2.24) is 4.90 Å². The third-order valence-electron chi connectivity index (χ3n) is 1.69. The van der Waals surface area contributed by atoms with Gasteiger partial charge in [-0.2, -0.15) is 0 Å². The average Bonchev–Trinajstić information content (AvgIpc) is 2.11. The summed E-state index contributed by atoms with van der Waals surface area (Å²) in [5.41, 5.74) is 0.782. The molecule has 0 bridgehead atoms. The zero-order chi connectivity index (χ0) is 9.56. The SMILES string of the molecule is C=C/C=C\C(=C)N(C)C(O)CC. The molecule has 0 aliphatic heterocycles. The first-order chi connectivity index (χ1) is 5.63. The van der Waals surface area contributed by atoms with Crippen molar-refractivity contribution >= 4 is 0 Å². The lowest BCUT2D eigenvalue weighted by Gasteiger charge is -2.24. The van der Waals surface area contributed by atoms with E-state index in [4.69, 9.17) is 0 Å². The second-order valence-electron chi connectivity index (χ2n) is 2.59. The lowest BCUT2D eigenvalue weighted by molar-refractivity contribution is 0.0460. The van der Waals surface area contributed by atoms with Gasteiger partial charge in [0.05, 0.1) is 0 Å². The predicted octanol–water partition coefficient (Wildman–Crippen LogP) is 1.90. The Balaban J connectivity index is 4.09. The summed E-state index contributed by atoms with van der Waals surface area (Å²) in [7, 11) is 1.81. The molecule has 1 N–H and O–H groups in total. The predicted molar refractivity (Wildman–Crippen MR) is 52.5 cm³/mol. The second-order valence-corrected chi connectivity index (χ2v) is 2.59. The minimum Gasteiger partial charge on any atom is -0.374 e. The monoisotopic (exact) mass is 167 g/mol. The van der Waals surface area contributed by atoms with E-state index in [2.05, 4.69) is 13.2 Å². The van der Waals surface area contributed by atoms with Gasteiger partial charge in [-0.3, -0.25) is 0 Å². The molecule has 0 heterocycles. The molecule has 0 aliphatic rings. The highest BCUT2D eigenvalue weighted by Crippen LogP contribution is 2.06. The molecule has 0 spiro atoms. The molecular weight excluding hydrogens is 150 g/mol. The molecule has 0 saturated heterocycles. The Hall–Kier alpha value is -1.02. The van der Waals surface area contributed by atoms with Crippen molar-refractivity contribution in [2.45, 2.75) is 19.6 Å². The summed E-state index contributed by atoms with van der Waals surface area (Å²) in [6.07, 6.45) is 5.52. The fraction of sp³-hybridized carbons (Fsp3) is 0.400. The first-order valence-electron chi connectivity index (χ1n) is 4.02. The molecule has 0 saturated carbocycles. The molecule has 2 nitrogen and oxygen atoms in total. The lowest BCUT2D eigenvalue weighted by Crippen LogP contribution is -2.28. The summed E-state index contributed by atoms with van der Waals surface area (Å²) >= 11 is 0. The van der Waals surface area contributed by atoms with E-state index in [9.17, 15) is 5.11 Å². The maximum atomic E-state index is 9.40. The molecule has 0 amide bonds. The Labute approximate surface area is 74.5 Å². The van der Waals surface area contributed by atoms with Crippen LogP contribution in [0.25, 0.3) is 0 Å². The Kier molecular flexibility index (Phi) is 5.13. The van der Waals surface area contributed by atoms with Gasteiger partial charge >= 0.3 is 0 Å². The van der Waals surface area contributed by atoms with Crippen LogP contribution in [0.1, 0.15) is 13.3 Å². The van der Waals surface area contributed by atoms with E-state index in [1.54, 1.807) is 17.1 Å². The zero-order valence-corrected chi connectivity index (χ0v) is 7.83. The Morgan fingerprint density at radius 1 is 1.67 bits per heavy atom. The van der Waals surface area contributed by atoms with Crippen molar-refractivity contribution in [2.75, 3.05) is 7.05 Å². The molecule has 68 valence electrons. The van der Waals surface area contributed by atoms with Crippen LogP contribution < -0.4 is 0 Å². The first-order valence-corrected chi connectivity index (χ1v) is 4.02. The van der Waals surface area contributed by atoms with Crippen molar-refractivity contribution in [3.05, 3.63) is 37.1 Å². The van der Waals surface area contributed by atoms with Gasteiger partial charge in [0.2, 0.25) is 0 Å². The smallest absolute Gasteiger partial charge is 0.126 e. The summed E-state index contributed by atoms with van der Waals surface area (Å²) in [4.78, 5) is 1.72. The standard InChI is InChI=1S/C10H17NO/c1-5-7-8-9(3)11(4)10(12)6-2/h5,7-8,10,12H,1,3,6H2,2,4H3/b8-7-. The summed E-state index contributed by atoms with van der Waals surface area (Å²) in [6, 6.07) is 0. The van der Waals surface area contributed by atoms with Crippen LogP contribution in [0.5, 0.6) is 0 Å². The van der Waals surface area contributed by atoms with Crippen molar-refractivity contribution in [2.24, 2.45) is 0 Å². The van der Waals surface area contributed by atoms with Crippen LogP contribution in [0.15, 0.2) is 37.1 Å². The summed E-state index contributed by atoms with van der Waals surface area (Å²) in [6.45, 7) is 9.26. The highest BCUT2D eigenvalue weighted by atomic mass is 16.3. The summed E-state index contributed by atoms with van der Waals surface area (Å²) < 4.78 is 0. The number of nitrogens with zero attached hydrogens (tertiary/aromatic N) is 1. The van der Waals surface area contributed by atoms with Gasteiger partial charge in [0, 0.05) is 12.7 Å². The number of hydrogen-bond donors (Lipinski definition) is 1. The van der Waals surface area contributed by atoms with E-state index < -0.39 is 6.23 Å². The van der Waals surface area contributed by atoms with E-state index in [0.29, 0.717) is 6.42 Å². The molecule has 0 aliphatic carbocycles. The van der Waals surface area contributed by atoms with Crippen molar-refractivity contribution in [3.8, 4) is 0 Å². The topological polar surface area (TPSA) is 23.5 Å². The van der Waals surface area contributed by atoms with Crippen LogP contribution in [0, 0.1) is 0 Å². The molecule has 0 rings (SSSR count). The van der Waals surface area contributed by atoms with Crippen LogP contribution >= 0.6 is 0 Å². The average molecular weight is 167 g/mol.